The second-order valence-corrected chi connectivity index (χ2v) is 4.32. The first-order valence-electron chi connectivity index (χ1n) is 5.01. The van der Waals surface area contributed by atoms with Gasteiger partial charge in [-0.05, 0) is 35.0 Å². The molecule has 0 spiro atoms. The number of hydrogen-bond donors (Lipinski definition) is 0. The van der Waals surface area contributed by atoms with E-state index in [1.807, 2.05) is 31.3 Å². The predicted octanol–water partition coefficient (Wildman–Crippen LogP) is 2.32. The molecular formula is C11H12BrN3O2. The van der Waals surface area contributed by atoms with Gasteiger partial charge in [0.05, 0.1) is 22.1 Å². The van der Waals surface area contributed by atoms with Crippen LogP contribution in [0, 0.1) is 6.92 Å². The van der Waals surface area contributed by atoms with Crippen molar-refractivity contribution in [2.24, 2.45) is 0 Å². The number of aryl methyl sites for hydroxylation is 1. The summed E-state index contributed by atoms with van der Waals surface area (Å²) < 4.78 is 12.9. The summed E-state index contributed by atoms with van der Waals surface area (Å²) in [5.41, 5.74) is 1.76. The fourth-order valence-electron chi connectivity index (χ4n) is 1.34. The zero-order valence-corrected chi connectivity index (χ0v) is 11.1. The highest BCUT2D eigenvalue weighted by Gasteiger charge is 2.05. The van der Waals surface area contributed by atoms with Gasteiger partial charge in [0.1, 0.15) is 5.75 Å². The summed E-state index contributed by atoms with van der Waals surface area (Å²) >= 11 is 3.41. The molecule has 0 atom stereocenters. The summed E-state index contributed by atoms with van der Waals surface area (Å²) in [5, 5.41) is 7.94. The van der Waals surface area contributed by atoms with Crippen LogP contribution in [0.1, 0.15) is 5.69 Å². The number of nitrogens with zero attached hydrogens (tertiary/aromatic N) is 3. The van der Waals surface area contributed by atoms with Gasteiger partial charge in [-0.15, -0.1) is 5.10 Å². The van der Waals surface area contributed by atoms with Crippen LogP contribution in [0.3, 0.4) is 0 Å². The molecule has 17 heavy (non-hydrogen) atoms. The van der Waals surface area contributed by atoms with Crippen LogP contribution in [0.5, 0.6) is 5.75 Å². The van der Waals surface area contributed by atoms with E-state index in [0.29, 0.717) is 5.75 Å². The smallest absolute Gasteiger partial charge is 0.188 e. The van der Waals surface area contributed by atoms with E-state index in [-0.39, 0.29) is 6.79 Å². The molecular weight excluding hydrogens is 286 g/mol. The molecule has 2 aromatic rings. The first-order chi connectivity index (χ1) is 8.20. The van der Waals surface area contributed by atoms with Gasteiger partial charge < -0.3 is 9.47 Å². The van der Waals surface area contributed by atoms with Crippen LogP contribution in [-0.4, -0.2) is 28.9 Å². The van der Waals surface area contributed by atoms with E-state index in [9.17, 15) is 0 Å². The van der Waals surface area contributed by atoms with Crippen LogP contribution in [0.4, 0.5) is 0 Å². The molecule has 0 amide bonds. The third kappa shape index (κ3) is 2.83. The maximum atomic E-state index is 5.42. The van der Waals surface area contributed by atoms with Gasteiger partial charge in [-0.3, -0.25) is 0 Å². The lowest BCUT2D eigenvalue weighted by Crippen LogP contribution is -2.01. The minimum absolute atomic E-state index is 0.207. The molecule has 1 aromatic heterocycles. The van der Waals surface area contributed by atoms with Crippen molar-refractivity contribution in [1.82, 2.24) is 15.0 Å². The summed E-state index contributed by atoms with van der Waals surface area (Å²) in [7, 11) is 1.58. The van der Waals surface area contributed by atoms with E-state index in [1.54, 1.807) is 11.8 Å². The van der Waals surface area contributed by atoms with Crippen LogP contribution >= 0.6 is 15.9 Å². The normalized spacial score (nSPS) is 10.5. The van der Waals surface area contributed by atoms with E-state index in [4.69, 9.17) is 9.47 Å². The molecule has 0 aliphatic heterocycles. The fraction of sp³-hybridized carbons (Fsp3) is 0.273. The van der Waals surface area contributed by atoms with E-state index in [0.717, 1.165) is 15.9 Å². The Labute approximate surface area is 107 Å². The second-order valence-electron chi connectivity index (χ2n) is 3.47. The van der Waals surface area contributed by atoms with Crippen molar-refractivity contribution in [1.29, 1.82) is 0 Å². The van der Waals surface area contributed by atoms with Crippen molar-refractivity contribution >= 4 is 15.9 Å². The van der Waals surface area contributed by atoms with Gasteiger partial charge in [0.15, 0.2) is 6.79 Å². The summed E-state index contributed by atoms with van der Waals surface area (Å²) in [6, 6.07) is 5.70. The summed E-state index contributed by atoms with van der Waals surface area (Å²) in [6.45, 7) is 2.10. The number of aromatic nitrogens is 3. The van der Waals surface area contributed by atoms with Crippen molar-refractivity contribution in [3.05, 3.63) is 34.6 Å². The minimum atomic E-state index is 0.207. The second kappa shape index (κ2) is 5.29. The van der Waals surface area contributed by atoms with Gasteiger partial charge in [-0.25, -0.2) is 4.68 Å². The molecule has 0 unspecified atom stereocenters. The van der Waals surface area contributed by atoms with Crippen molar-refractivity contribution in [3.63, 3.8) is 0 Å². The van der Waals surface area contributed by atoms with E-state index in [1.165, 1.54) is 0 Å². The Morgan fingerprint density at radius 3 is 2.88 bits per heavy atom. The highest BCUT2D eigenvalue weighted by atomic mass is 79.9. The Hall–Kier alpha value is -1.40. The molecule has 90 valence electrons. The van der Waals surface area contributed by atoms with E-state index < -0.39 is 0 Å². The largest absolute Gasteiger partial charge is 0.466 e. The van der Waals surface area contributed by atoms with Crippen LogP contribution in [0.25, 0.3) is 5.69 Å². The Morgan fingerprint density at radius 2 is 2.24 bits per heavy atom. The van der Waals surface area contributed by atoms with Gasteiger partial charge >= 0.3 is 0 Å². The molecule has 2 rings (SSSR count). The molecule has 5 nitrogen and oxygen atoms in total. The van der Waals surface area contributed by atoms with Crippen LogP contribution in [0.2, 0.25) is 0 Å². The SMILES string of the molecule is COCOc1cc(-n2cc(C)nn2)ccc1Br. The average molecular weight is 298 g/mol. The number of hydrogen-bond acceptors (Lipinski definition) is 4. The maximum Gasteiger partial charge on any atom is 0.188 e. The Balaban J connectivity index is 2.30. The zero-order valence-electron chi connectivity index (χ0n) is 9.55. The fourth-order valence-corrected chi connectivity index (χ4v) is 1.70. The molecule has 0 bridgehead atoms. The first-order valence-corrected chi connectivity index (χ1v) is 5.80. The standard InChI is InChI=1S/C11H12BrN3O2/c1-8-6-15(14-13-8)9-3-4-10(12)11(5-9)17-7-16-2/h3-6H,7H2,1-2H3. The van der Waals surface area contributed by atoms with Crippen molar-refractivity contribution in [2.75, 3.05) is 13.9 Å². The molecule has 0 fully saturated rings. The average Bonchev–Trinajstić information content (AvgIpc) is 2.75. The third-order valence-electron chi connectivity index (χ3n) is 2.12. The van der Waals surface area contributed by atoms with Gasteiger partial charge in [0.25, 0.3) is 0 Å². The molecule has 1 aromatic carbocycles. The Kier molecular flexibility index (Phi) is 3.75. The van der Waals surface area contributed by atoms with Crippen LogP contribution in [-0.2, 0) is 4.74 Å². The lowest BCUT2D eigenvalue weighted by Gasteiger charge is -2.08. The summed E-state index contributed by atoms with van der Waals surface area (Å²) in [6.07, 6.45) is 1.85. The number of methoxy groups -OCH3 is 1. The molecule has 1 heterocycles. The van der Waals surface area contributed by atoms with Gasteiger partial charge in [0, 0.05) is 13.2 Å². The lowest BCUT2D eigenvalue weighted by atomic mass is 10.3. The van der Waals surface area contributed by atoms with Gasteiger partial charge in [-0.2, -0.15) is 0 Å². The Bertz CT molecular complexity index is 513. The van der Waals surface area contributed by atoms with E-state index in [2.05, 4.69) is 26.2 Å². The third-order valence-corrected chi connectivity index (χ3v) is 2.77. The number of rotatable bonds is 4. The predicted molar refractivity (Wildman–Crippen MR) is 66.3 cm³/mol. The first kappa shape index (κ1) is 12.1. The monoisotopic (exact) mass is 297 g/mol. The maximum absolute atomic E-state index is 5.42. The lowest BCUT2D eigenvalue weighted by molar-refractivity contribution is 0.0506. The van der Waals surface area contributed by atoms with Crippen LogP contribution < -0.4 is 4.74 Å². The molecule has 0 N–H and O–H groups in total. The quantitative estimate of drug-likeness (QED) is 0.813. The number of ether oxygens (including phenoxy) is 2. The van der Waals surface area contributed by atoms with Crippen LogP contribution in [0.15, 0.2) is 28.9 Å². The molecule has 0 radical (unpaired) electrons. The molecule has 0 aliphatic carbocycles. The summed E-state index contributed by atoms with van der Waals surface area (Å²) in [5.74, 6) is 0.706. The zero-order chi connectivity index (χ0) is 12.3. The highest BCUT2D eigenvalue weighted by molar-refractivity contribution is 9.10. The summed E-state index contributed by atoms with van der Waals surface area (Å²) in [4.78, 5) is 0. The van der Waals surface area contributed by atoms with Crippen molar-refractivity contribution in [2.45, 2.75) is 6.92 Å². The highest BCUT2D eigenvalue weighted by Crippen LogP contribution is 2.27. The van der Waals surface area contributed by atoms with Crippen molar-refractivity contribution < 1.29 is 9.47 Å². The number of benzene rings is 1. The molecule has 6 heteroatoms. The van der Waals surface area contributed by atoms with Gasteiger partial charge in [0.2, 0.25) is 0 Å². The van der Waals surface area contributed by atoms with Crippen molar-refractivity contribution in [3.8, 4) is 11.4 Å². The molecule has 0 saturated heterocycles. The Morgan fingerprint density at radius 1 is 1.41 bits per heavy atom. The topological polar surface area (TPSA) is 49.2 Å². The number of halogens is 1. The minimum Gasteiger partial charge on any atom is -0.466 e. The van der Waals surface area contributed by atoms with Gasteiger partial charge in [-0.1, -0.05) is 5.21 Å². The molecule has 0 aliphatic rings. The molecule has 0 saturated carbocycles. The van der Waals surface area contributed by atoms with E-state index >= 15 is 0 Å².